The lowest BCUT2D eigenvalue weighted by atomic mass is 10.2. The molecule has 0 aliphatic carbocycles. The third-order valence-corrected chi connectivity index (χ3v) is 6.81. The van der Waals surface area contributed by atoms with Crippen molar-refractivity contribution >= 4 is 46.9 Å². The van der Waals surface area contributed by atoms with E-state index in [4.69, 9.17) is 44.5 Å². The number of pyridine rings is 8. The maximum atomic E-state index is 10.5. The van der Waals surface area contributed by atoms with Crippen LogP contribution < -0.4 is 18.9 Å². The van der Waals surface area contributed by atoms with Crippen LogP contribution >= 0.6 is 0 Å². The molecule has 8 aromatic heterocycles. The van der Waals surface area contributed by atoms with Gasteiger partial charge in [0.1, 0.15) is 65.8 Å². The summed E-state index contributed by atoms with van der Waals surface area (Å²) in [6.45, 7) is 30.2. The van der Waals surface area contributed by atoms with Gasteiger partial charge in [0, 0.05) is 49.6 Å². The zero-order valence-corrected chi connectivity index (χ0v) is 57.7. The highest BCUT2D eigenvalue weighted by Gasteiger charge is 1.98. The molecule has 8 aromatic rings. The monoisotopic (exact) mass is 1280 g/mol. The molecule has 0 bridgehead atoms. The Labute approximate surface area is 559 Å². The van der Waals surface area contributed by atoms with Crippen LogP contribution in [0.2, 0.25) is 20.5 Å². The summed E-state index contributed by atoms with van der Waals surface area (Å²) in [6.07, 6.45) is 31.0. The number of Topliss-reactive ketones (excluding diaryl/α,β-unsaturated/α-hetero) is 3. The Kier molecular flexibility index (Phi) is 92.5. The minimum atomic E-state index is -0.992. The van der Waals surface area contributed by atoms with Crippen LogP contribution in [-0.4, -0.2) is 139 Å². The summed E-state index contributed by atoms with van der Waals surface area (Å²) in [7, 11) is 13.5. The van der Waals surface area contributed by atoms with Crippen molar-refractivity contribution in [2.45, 2.75) is 143 Å². The van der Waals surface area contributed by atoms with Gasteiger partial charge in [0.25, 0.3) is 0 Å². The van der Waals surface area contributed by atoms with E-state index in [-0.39, 0.29) is 66.8 Å². The van der Waals surface area contributed by atoms with Gasteiger partial charge in [-0.1, -0.05) is 122 Å². The van der Waals surface area contributed by atoms with Crippen LogP contribution in [0.4, 0.5) is 0 Å². The van der Waals surface area contributed by atoms with Crippen LogP contribution in [0.5, 0.6) is 46.0 Å². The molecule has 21 nitrogen and oxygen atoms in total. The number of aromatic nitrogens is 8. The molecule has 0 saturated carbocycles. The van der Waals surface area contributed by atoms with Gasteiger partial charge >= 0.3 is 5.97 Å². The molecular formula is C69H103B3N8O13. The molecule has 0 amide bonds. The molecule has 8 rings (SSSR count). The average Bonchev–Trinajstić information content (AvgIpc) is 3.79. The summed E-state index contributed by atoms with van der Waals surface area (Å²) in [5, 5.41) is 42.5. The first kappa shape index (κ1) is 99.5. The number of carboxylic acids is 1. The van der Waals surface area contributed by atoms with Gasteiger partial charge in [-0.25, -0.2) is 4.79 Å². The molecule has 5 N–H and O–H groups in total. The van der Waals surface area contributed by atoms with E-state index in [1.165, 1.54) is 104 Å². The Morgan fingerprint density at radius 3 is 0.548 bits per heavy atom. The Morgan fingerprint density at radius 1 is 0.301 bits per heavy atom. The van der Waals surface area contributed by atoms with Gasteiger partial charge in [-0.15, -0.1) is 0 Å². The van der Waals surface area contributed by atoms with E-state index in [0.29, 0.717) is 23.0 Å². The number of ether oxygens (including phenoxy) is 4. The number of carbonyl (C=O) groups is 4. The predicted molar refractivity (Wildman–Crippen MR) is 377 cm³/mol. The van der Waals surface area contributed by atoms with Crippen LogP contribution in [-0.2, 0) is 19.2 Å². The summed E-state index contributed by atoms with van der Waals surface area (Å²) < 4.78 is 20.0. The highest BCUT2D eigenvalue weighted by atomic mass is 16.5. The third-order valence-electron chi connectivity index (χ3n) is 6.81. The van der Waals surface area contributed by atoms with Crippen molar-refractivity contribution in [3.63, 3.8) is 0 Å². The molecule has 8 heterocycles. The predicted octanol–water partition coefficient (Wildman–Crippen LogP) is 14.5. The molecular weight excluding hydrogens is 1180 g/mol. The molecule has 0 aliphatic heterocycles. The van der Waals surface area contributed by atoms with Gasteiger partial charge in [-0.05, 0) is 118 Å². The first-order valence-corrected chi connectivity index (χ1v) is 29.7. The molecule has 93 heavy (non-hydrogen) atoms. The lowest BCUT2D eigenvalue weighted by Gasteiger charge is -2.00. The van der Waals surface area contributed by atoms with Crippen LogP contribution in [0.25, 0.3) is 0 Å². The van der Waals surface area contributed by atoms with E-state index in [1.54, 1.807) is 165 Å². The van der Waals surface area contributed by atoms with E-state index >= 15 is 0 Å². The van der Waals surface area contributed by atoms with Crippen molar-refractivity contribution < 1.29 is 63.7 Å². The Bertz CT molecular complexity index is 2310. The molecule has 0 saturated heterocycles. The maximum Gasteiger partial charge on any atom is 0.341 e. The fraction of sp³-hybridized carbons (Fsp3) is 0.362. The fourth-order valence-electron chi connectivity index (χ4n) is 3.84. The van der Waals surface area contributed by atoms with Gasteiger partial charge in [0.05, 0.1) is 73.1 Å². The zero-order chi connectivity index (χ0) is 72.4. The van der Waals surface area contributed by atoms with E-state index in [9.17, 15) is 19.2 Å². The van der Waals surface area contributed by atoms with E-state index < -0.39 is 5.97 Å². The summed E-state index contributed by atoms with van der Waals surface area (Å²) in [5.74, 6) is 2.23. The number of carboxylic acid groups (broad SMARTS) is 1. The molecule has 0 atom stereocenters. The molecule has 0 aliphatic rings. The van der Waals surface area contributed by atoms with Gasteiger partial charge in [-0.2, -0.15) is 0 Å². The Hall–Kier alpha value is -9.73. The van der Waals surface area contributed by atoms with Gasteiger partial charge in [-0.3, -0.25) is 54.3 Å². The van der Waals surface area contributed by atoms with Crippen molar-refractivity contribution in [3.05, 3.63) is 196 Å². The van der Waals surface area contributed by atoms with Crippen molar-refractivity contribution in [2.24, 2.45) is 0 Å². The smallest absolute Gasteiger partial charge is 0.341 e. The summed E-state index contributed by atoms with van der Waals surface area (Å²) in [4.78, 5) is 71.2. The Balaban J connectivity index is -0.000000143. The maximum absolute atomic E-state index is 10.5. The largest absolute Gasteiger partial charge is 0.506 e. The topological polar surface area (TPSA) is 309 Å². The van der Waals surface area contributed by atoms with E-state index in [2.05, 4.69) is 133 Å². The lowest BCUT2D eigenvalue weighted by molar-refractivity contribution is -0.139. The van der Waals surface area contributed by atoms with Gasteiger partial charge in [0.2, 0.25) is 0 Å². The standard InChI is InChI=1S/3C8H9NO2.C7H7NO3.4C5H5NO.5C3H8.3CH3B/c3*1-7(10)6-11-8-3-2-4-9-5-8;9-7(10)5-11-6-2-1-3-8-4-6;4*7-5-2-1-3-6-4-5;5*1-3-2;3*1-2/h3*2-5H,6H2,1H3;1-4H,5H2,(H,9,10);4*1-4,7H;5*3H2,1-2H3;3*1H3. The number of carbonyl (C=O) groups excluding carboxylic acids is 3. The molecule has 506 valence electrons. The number of rotatable bonds is 12. The number of hydrogen-bond donors (Lipinski definition) is 5. The molecule has 0 fully saturated rings. The zero-order valence-electron chi connectivity index (χ0n) is 57.7. The van der Waals surface area contributed by atoms with Crippen LogP contribution in [0.15, 0.2) is 196 Å². The Morgan fingerprint density at radius 2 is 0.452 bits per heavy atom. The van der Waals surface area contributed by atoms with Crippen LogP contribution in [0.3, 0.4) is 0 Å². The van der Waals surface area contributed by atoms with Crippen molar-refractivity contribution in [2.75, 3.05) is 26.4 Å². The van der Waals surface area contributed by atoms with Crippen LogP contribution in [0.1, 0.15) is 122 Å². The SMILES string of the molecule is CC(=O)COc1cccnc1.CC(=O)COc1cccnc1.CC(=O)COc1cccnc1.CCC.CCC.CCC.CCC.CCC.O=C(O)COc1cccnc1.Oc1cccnc1.Oc1cccnc1.Oc1cccnc1.Oc1cccnc1.[B]C.[B]C.[B]C. The first-order chi connectivity index (χ1) is 44.8. The van der Waals surface area contributed by atoms with Gasteiger partial charge < -0.3 is 44.5 Å². The number of ketones is 3. The summed E-state index contributed by atoms with van der Waals surface area (Å²) in [5.41, 5.74) is 0. The number of hydrogen-bond acceptors (Lipinski definition) is 20. The minimum Gasteiger partial charge on any atom is -0.506 e. The van der Waals surface area contributed by atoms with Crippen LogP contribution in [0, 0.1) is 0 Å². The van der Waals surface area contributed by atoms with Crippen molar-refractivity contribution in [1.29, 1.82) is 0 Å². The second-order valence-corrected chi connectivity index (χ2v) is 16.8. The second kappa shape index (κ2) is 86.5. The second-order valence-electron chi connectivity index (χ2n) is 16.8. The average molecular weight is 1290 g/mol. The lowest BCUT2D eigenvalue weighted by Crippen LogP contribution is -2.09. The fourth-order valence-corrected chi connectivity index (χ4v) is 3.84. The highest BCUT2D eigenvalue weighted by molar-refractivity contribution is 6.06. The molecule has 24 heteroatoms. The highest BCUT2D eigenvalue weighted by Crippen LogP contribution is 2.08. The number of aromatic hydroxyl groups is 4. The van der Waals surface area contributed by atoms with Gasteiger partial charge in [0.15, 0.2) is 24.0 Å². The van der Waals surface area contributed by atoms with Crippen molar-refractivity contribution in [3.8, 4) is 46.0 Å². The first-order valence-electron chi connectivity index (χ1n) is 29.7. The quantitative estimate of drug-likeness (QED) is 0.0710. The molecule has 0 unspecified atom stereocenters. The van der Waals surface area contributed by atoms with Crippen molar-refractivity contribution in [1.82, 2.24) is 39.9 Å². The molecule has 0 aromatic carbocycles. The minimum absolute atomic E-state index is 0.00820. The normalized spacial score (nSPS) is 8.04. The summed E-state index contributed by atoms with van der Waals surface area (Å²) >= 11 is 0. The van der Waals surface area contributed by atoms with E-state index in [0.717, 1.165) is 0 Å². The number of nitrogens with zero attached hydrogens (tertiary/aromatic N) is 8. The summed E-state index contributed by atoms with van der Waals surface area (Å²) in [6, 6.07) is 26.9. The van der Waals surface area contributed by atoms with E-state index in [1.807, 2.05) is 0 Å². The molecule has 6 radical (unpaired) electrons. The third kappa shape index (κ3) is 96.1. The number of aliphatic carboxylic acids is 1. The molecule has 0 spiro atoms.